The van der Waals surface area contributed by atoms with Gasteiger partial charge in [-0.05, 0) is 0 Å². The quantitative estimate of drug-likeness (QED) is 0.454. The molecule has 0 amide bonds. The molecule has 1 nitrogen and oxygen atoms in total. The Morgan fingerprint density at radius 1 is 1.20 bits per heavy atom. The van der Waals surface area contributed by atoms with Gasteiger partial charge in [0.15, 0.2) is 0 Å². The van der Waals surface area contributed by atoms with Crippen molar-refractivity contribution in [1.82, 2.24) is 0 Å². The average Bonchev–Trinajstić information content (AvgIpc) is 1.89. The SMILES string of the molecule is CC=CC(C)(B=N)C=CC. The first kappa shape index (κ1) is 9.34. The van der Waals surface area contributed by atoms with Crippen LogP contribution in [0.25, 0.3) is 0 Å². The maximum absolute atomic E-state index is 7.14. The van der Waals surface area contributed by atoms with Gasteiger partial charge in [-0.25, -0.2) is 0 Å². The zero-order valence-electron chi connectivity index (χ0n) is 6.89. The second-order valence-electron chi connectivity index (χ2n) is 2.51. The van der Waals surface area contributed by atoms with E-state index in [-0.39, 0.29) is 5.31 Å². The van der Waals surface area contributed by atoms with Gasteiger partial charge in [0, 0.05) is 0 Å². The van der Waals surface area contributed by atoms with Crippen LogP contribution in [0, 0.1) is 5.31 Å². The van der Waals surface area contributed by atoms with Gasteiger partial charge in [-0.15, -0.1) is 0 Å². The van der Waals surface area contributed by atoms with Crippen molar-refractivity contribution < 1.29 is 0 Å². The van der Waals surface area contributed by atoms with Gasteiger partial charge in [0.05, 0.1) is 0 Å². The predicted molar refractivity (Wildman–Crippen MR) is 46.5 cm³/mol. The second-order valence-corrected chi connectivity index (χ2v) is 2.51. The van der Waals surface area contributed by atoms with E-state index >= 15 is 0 Å². The summed E-state index contributed by atoms with van der Waals surface area (Å²) in [6, 6.07) is 0. The molecular formula is C8H14BN. The number of hydrogen-bond acceptors (Lipinski definition) is 1. The van der Waals surface area contributed by atoms with Crippen molar-refractivity contribution in [2.45, 2.75) is 26.1 Å². The van der Waals surface area contributed by atoms with Gasteiger partial charge in [0.25, 0.3) is 0 Å². The fourth-order valence-corrected chi connectivity index (χ4v) is 0.870. The number of allylic oxidation sites excluding steroid dienone is 4. The van der Waals surface area contributed by atoms with Crippen molar-refractivity contribution in [2.75, 3.05) is 0 Å². The third kappa shape index (κ3) is 2.76. The van der Waals surface area contributed by atoms with Gasteiger partial charge in [-0.1, -0.05) is 0 Å². The van der Waals surface area contributed by atoms with Crippen molar-refractivity contribution in [3.63, 3.8) is 0 Å². The Bertz CT molecular complexity index is 147. The van der Waals surface area contributed by atoms with E-state index in [9.17, 15) is 0 Å². The molecule has 0 rings (SSSR count). The first-order valence-electron chi connectivity index (χ1n) is 3.48. The molecule has 0 heterocycles. The molecule has 0 aliphatic carbocycles. The third-order valence-electron chi connectivity index (χ3n) is 1.36. The van der Waals surface area contributed by atoms with E-state index in [1.165, 1.54) is 7.07 Å². The Labute approximate surface area is 63.6 Å². The van der Waals surface area contributed by atoms with E-state index in [1.54, 1.807) is 0 Å². The van der Waals surface area contributed by atoms with E-state index < -0.39 is 0 Å². The zero-order chi connectivity index (χ0) is 8.04. The maximum atomic E-state index is 7.14. The number of hydrogen-bond donors (Lipinski definition) is 1. The van der Waals surface area contributed by atoms with E-state index in [0.717, 1.165) is 0 Å². The minimum atomic E-state index is -0.177. The van der Waals surface area contributed by atoms with Gasteiger partial charge in [-0.2, -0.15) is 0 Å². The van der Waals surface area contributed by atoms with Crippen LogP contribution < -0.4 is 0 Å². The molecule has 0 saturated carbocycles. The fraction of sp³-hybridized carbons (Fsp3) is 0.500. The summed E-state index contributed by atoms with van der Waals surface area (Å²) in [4.78, 5) is 0. The molecule has 0 atom stereocenters. The molecule has 1 N–H and O–H groups in total. The summed E-state index contributed by atoms with van der Waals surface area (Å²) in [6.45, 7) is 5.93. The Hall–Kier alpha value is -0.655. The Balaban J connectivity index is 4.37. The van der Waals surface area contributed by atoms with Crippen LogP contribution in [0.4, 0.5) is 0 Å². The zero-order valence-corrected chi connectivity index (χ0v) is 6.89. The van der Waals surface area contributed by atoms with Crippen molar-refractivity contribution in [2.24, 2.45) is 0 Å². The van der Waals surface area contributed by atoms with Crippen molar-refractivity contribution >= 4 is 7.07 Å². The van der Waals surface area contributed by atoms with Crippen molar-refractivity contribution in [3.05, 3.63) is 24.3 Å². The normalized spacial score (nSPS) is 17.5. The monoisotopic (exact) mass is 135 g/mol. The molecular weight excluding hydrogens is 121 g/mol. The van der Waals surface area contributed by atoms with Crippen LogP contribution >= 0.6 is 0 Å². The molecule has 0 aliphatic rings. The van der Waals surface area contributed by atoms with Gasteiger partial charge < -0.3 is 0 Å². The van der Waals surface area contributed by atoms with Crippen LogP contribution in [0.3, 0.4) is 0 Å². The molecule has 10 heavy (non-hydrogen) atoms. The molecule has 0 aromatic heterocycles. The first-order valence-corrected chi connectivity index (χ1v) is 3.48. The molecule has 2 heteroatoms. The minimum absolute atomic E-state index is 0.177. The molecule has 0 fully saturated rings. The molecule has 0 unspecified atom stereocenters. The van der Waals surface area contributed by atoms with E-state index in [0.29, 0.717) is 0 Å². The molecule has 0 aromatic rings. The van der Waals surface area contributed by atoms with Crippen LogP contribution in [0.5, 0.6) is 0 Å². The van der Waals surface area contributed by atoms with Crippen LogP contribution in [0.2, 0.25) is 5.31 Å². The molecule has 0 saturated heterocycles. The summed E-state index contributed by atoms with van der Waals surface area (Å²) in [7, 11) is 1.44. The summed E-state index contributed by atoms with van der Waals surface area (Å²) < 4.78 is 0. The van der Waals surface area contributed by atoms with Crippen LogP contribution in [-0.2, 0) is 0 Å². The molecule has 0 aliphatic heterocycles. The van der Waals surface area contributed by atoms with Gasteiger partial charge in [-0.3, -0.25) is 0 Å². The fourth-order valence-electron chi connectivity index (χ4n) is 0.870. The molecule has 0 spiro atoms. The van der Waals surface area contributed by atoms with E-state index in [4.69, 9.17) is 5.31 Å². The summed E-state index contributed by atoms with van der Waals surface area (Å²) >= 11 is 0. The molecule has 54 valence electrons. The topological polar surface area (TPSA) is 23.9 Å². The van der Waals surface area contributed by atoms with Crippen LogP contribution in [-0.4, -0.2) is 7.07 Å². The number of nitrogens with one attached hydrogen (secondary N) is 1. The van der Waals surface area contributed by atoms with Crippen LogP contribution in [0.1, 0.15) is 20.8 Å². The van der Waals surface area contributed by atoms with E-state index in [2.05, 4.69) is 0 Å². The Kier molecular flexibility index (Phi) is 3.93. The summed E-state index contributed by atoms with van der Waals surface area (Å²) in [5.41, 5.74) is 0. The molecule has 0 radical (unpaired) electrons. The standard InChI is InChI=1S/C8H14BN/c1-4-6-8(3,9-10)7-5-2/h4-7,10H,1-3H3. The summed E-state index contributed by atoms with van der Waals surface area (Å²) in [6.07, 6.45) is 7.93. The molecule has 0 bridgehead atoms. The summed E-state index contributed by atoms with van der Waals surface area (Å²) in [5, 5.41) is 6.96. The Morgan fingerprint density at radius 3 is 1.80 bits per heavy atom. The third-order valence-corrected chi connectivity index (χ3v) is 1.36. The number of rotatable bonds is 3. The predicted octanol–water partition coefficient (Wildman–Crippen LogP) is 2.78. The van der Waals surface area contributed by atoms with Crippen molar-refractivity contribution in [3.8, 4) is 0 Å². The average molecular weight is 135 g/mol. The van der Waals surface area contributed by atoms with Crippen molar-refractivity contribution in [1.29, 1.82) is 5.31 Å². The van der Waals surface area contributed by atoms with Gasteiger partial charge >= 0.3 is 62.8 Å². The van der Waals surface area contributed by atoms with Gasteiger partial charge in [0.1, 0.15) is 0 Å². The molecule has 0 aromatic carbocycles. The van der Waals surface area contributed by atoms with Crippen LogP contribution in [0.15, 0.2) is 24.3 Å². The van der Waals surface area contributed by atoms with Gasteiger partial charge in [0.2, 0.25) is 0 Å². The second kappa shape index (κ2) is 4.21. The van der Waals surface area contributed by atoms with E-state index in [1.807, 2.05) is 45.1 Å². The Morgan fingerprint density at radius 2 is 1.60 bits per heavy atom. The summed E-state index contributed by atoms with van der Waals surface area (Å²) in [5.74, 6) is 0. The first-order chi connectivity index (χ1) is 4.68.